The van der Waals surface area contributed by atoms with E-state index in [4.69, 9.17) is 10.6 Å². The van der Waals surface area contributed by atoms with Gasteiger partial charge in [0.2, 0.25) is 0 Å². The Hall–Kier alpha value is -1.84. The van der Waals surface area contributed by atoms with Crippen molar-refractivity contribution in [2.75, 3.05) is 0 Å². The molecule has 2 atom stereocenters. The van der Waals surface area contributed by atoms with Crippen LogP contribution >= 0.6 is 0 Å². The van der Waals surface area contributed by atoms with E-state index < -0.39 is 0 Å². The predicted octanol–water partition coefficient (Wildman–Crippen LogP) is 2.19. The molecule has 3 rings (SSSR count). The first kappa shape index (κ1) is 11.3. The van der Waals surface area contributed by atoms with Crippen molar-refractivity contribution in [2.45, 2.75) is 18.6 Å². The maximum absolute atomic E-state index is 5.97. The van der Waals surface area contributed by atoms with Gasteiger partial charge >= 0.3 is 0 Å². The van der Waals surface area contributed by atoms with Crippen LogP contribution in [-0.2, 0) is 6.42 Å². The number of benzene rings is 2. The van der Waals surface area contributed by atoms with Crippen molar-refractivity contribution in [1.29, 1.82) is 0 Å². The van der Waals surface area contributed by atoms with Crippen LogP contribution in [0.2, 0.25) is 0 Å². The highest BCUT2D eigenvalue weighted by molar-refractivity contribution is 5.38. The van der Waals surface area contributed by atoms with Crippen LogP contribution in [0.1, 0.15) is 17.2 Å². The molecule has 1 aliphatic heterocycles. The number of rotatable bonds is 3. The van der Waals surface area contributed by atoms with Gasteiger partial charge in [0.05, 0.1) is 6.04 Å². The second kappa shape index (κ2) is 4.80. The fraction of sp³-hybridized carbons (Fsp3) is 0.200. The maximum atomic E-state index is 5.97. The summed E-state index contributed by atoms with van der Waals surface area (Å²) in [5.74, 6) is 6.66. The van der Waals surface area contributed by atoms with Crippen LogP contribution in [0.4, 0.5) is 0 Å². The minimum atomic E-state index is 0.0126. The summed E-state index contributed by atoms with van der Waals surface area (Å²) in [5, 5.41) is 0. The lowest BCUT2D eigenvalue weighted by molar-refractivity contribution is 0.179. The van der Waals surface area contributed by atoms with E-state index in [1.165, 1.54) is 5.56 Å². The summed E-state index contributed by atoms with van der Waals surface area (Å²) in [7, 11) is 0. The normalized spacial score (nSPS) is 19.1. The van der Waals surface area contributed by atoms with Crippen molar-refractivity contribution < 1.29 is 4.74 Å². The van der Waals surface area contributed by atoms with Crippen molar-refractivity contribution in [1.82, 2.24) is 5.43 Å². The monoisotopic (exact) mass is 240 g/mol. The Balaban J connectivity index is 1.84. The molecule has 3 heteroatoms. The topological polar surface area (TPSA) is 47.3 Å². The molecular formula is C15H16N2O. The molecule has 0 fully saturated rings. The molecule has 18 heavy (non-hydrogen) atoms. The summed E-state index contributed by atoms with van der Waals surface area (Å²) in [4.78, 5) is 0. The highest BCUT2D eigenvalue weighted by Gasteiger charge is 2.30. The summed E-state index contributed by atoms with van der Waals surface area (Å²) < 4.78 is 5.97. The van der Waals surface area contributed by atoms with Gasteiger partial charge < -0.3 is 4.74 Å². The summed E-state index contributed by atoms with van der Waals surface area (Å²) >= 11 is 0. The largest absolute Gasteiger partial charge is 0.488 e. The minimum absolute atomic E-state index is 0.0126. The van der Waals surface area contributed by atoms with Gasteiger partial charge in [-0.1, -0.05) is 48.5 Å². The summed E-state index contributed by atoms with van der Waals surface area (Å²) in [6.45, 7) is 0. The van der Waals surface area contributed by atoms with E-state index >= 15 is 0 Å². The van der Waals surface area contributed by atoms with E-state index in [0.717, 1.165) is 17.7 Å². The zero-order valence-electron chi connectivity index (χ0n) is 10.0. The van der Waals surface area contributed by atoms with Crippen LogP contribution in [0.25, 0.3) is 0 Å². The first-order chi connectivity index (χ1) is 8.88. The summed E-state index contributed by atoms with van der Waals surface area (Å²) in [5.41, 5.74) is 5.27. The molecule has 1 heterocycles. The van der Waals surface area contributed by atoms with Crippen molar-refractivity contribution in [3.05, 3.63) is 65.7 Å². The molecule has 3 N–H and O–H groups in total. The van der Waals surface area contributed by atoms with Crippen LogP contribution in [0, 0.1) is 0 Å². The molecule has 0 aromatic heterocycles. The second-order valence-electron chi connectivity index (χ2n) is 4.52. The number of fused-ring (bicyclic) bond motifs is 1. The smallest absolute Gasteiger partial charge is 0.124 e. The van der Waals surface area contributed by atoms with E-state index in [0.29, 0.717) is 0 Å². The van der Waals surface area contributed by atoms with Gasteiger partial charge in [-0.15, -0.1) is 0 Å². The Labute approximate surface area is 107 Å². The summed E-state index contributed by atoms with van der Waals surface area (Å²) in [6.07, 6.45) is 0.940. The molecule has 2 aromatic carbocycles. The van der Waals surface area contributed by atoms with E-state index in [1.807, 2.05) is 36.4 Å². The van der Waals surface area contributed by atoms with Gasteiger partial charge in [-0.2, -0.15) is 0 Å². The third-order valence-corrected chi connectivity index (χ3v) is 3.38. The zero-order chi connectivity index (χ0) is 12.4. The SMILES string of the molecule is NNC(c1ccccc1)C1Cc2ccccc2O1. The minimum Gasteiger partial charge on any atom is -0.488 e. The van der Waals surface area contributed by atoms with Gasteiger partial charge in [0, 0.05) is 6.42 Å². The Bertz CT molecular complexity index is 502. The lowest BCUT2D eigenvalue weighted by Crippen LogP contribution is -2.38. The highest BCUT2D eigenvalue weighted by atomic mass is 16.5. The van der Waals surface area contributed by atoms with Crippen molar-refractivity contribution in [3.8, 4) is 5.75 Å². The average Bonchev–Trinajstić information content (AvgIpc) is 2.84. The van der Waals surface area contributed by atoms with Gasteiger partial charge in [-0.05, 0) is 17.2 Å². The third-order valence-electron chi connectivity index (χ3n) is 3.38. The number of nitrogens with one attached hydrogen (secondary N) is 1. The third kappa shape index (κ3) is 1.98. The fourth-order valence-electron chi connectivity index (χ4n) is 2.47. The molecule has 0 aliphatic carbocycles. The number of para-hydroxylation sites is 1. The Morgan fingerprint density at radius 3 is 2.50 bits per heavy atom. The molecule has 0 spiro atoms. The summed E-state index contributed by atoms with van der Waals surface area (Å²) in [6, 6.07) is 18.3. The lowest BCUT2D eigenvalue weighted by Gasteiger charge is -2.22. The zero-order valence-corrected chi connectivity index (χ0v) is 10.0. The van der Waals surface area contributed by atoms with Gasteiger partial charge in [0.1, 0.15) is 11.9 Å². The van der Waals surface area contributed by atoms with Crippen LogP contribution in [-0.4, -0.2) is 6.10 Å². The van der Waals surface area contributed by atoms with Gasteiger partial charge in [-0.3, -0.25) is 5.84 Å². The Morgan fingerprint density at radius 1 is 1.06 bits per heavy atom. The molecule has 2 unspecified atom stereocenters. The molecule has 2 aromatic rings. The van der Waals surface area contributed by atoms with E-state index in [-0.39, 0.29) is 12.1 Å². The van der Waals surface area contributed by atoms with Crippen LogP contribution < -0.4 is 16.0 Å². The molecule has 0 bridgehead atoms. The lowest BCUT2D eigenvalue weighted by atomic mass is 9.98. The fourth-order valence-corrected chi connectivity index (χ4v) is 2.47. The average molecular weight is 240 g/mol. The number of hydrazine groups is 1. The quantitative estimate of drug-likeness (QED) is 0.638. The Kier molecular flexibility index (Phi) is 3.00. The van der Waals surface area contributed by atoms with Crippen LogP contribution in [0.5, 0.6) is 5.75 Å². The van der Waals surface area contributed by atoms with Crippen molar-refractivity contribution in [2.24, 2.45) is 5.84 Å². The molecular weight excluding hydrogens is 224 g/mol. The molecule has 92 valence electrons. The van der Waals surface area contributed by atoms with Gasteiger partial charge in [0.25, 0.3) is 0 Å². The molecule has 0 radical (unpaired) electrons. The molecule has 3 nitrogen and oxygen atoms in total. The van der Waals surface area contributed by atoms with Crippen molar-refractivity contribution >= 4 is 0 Å². The number of nitrogens with two attached hydrogens (primary N) is 1. The molecule has 0 amide bonds. The molecule has 0 saturated carbocycles. The van der Waals surface area contributed by atoms with Crippen molar-refractivity contribution in [3.63, 3.8) is 0 Å². The number of hydrogen-bond donors (Lipinski definition) is 2. The maximum Gasteiger partial charge on any atom is 0.124 e. The van der Waals surface area contributed by atoms with E-state index in [1.54, 1.807) is 0 Å². The van der Waals surface area contributed by atoms with Gasteiger partial charge in [-0.25, -0.2) is 5.43 Å². The standard InChI is InChI=1S/C15H16N2O/c16-17-15(11-6-2-1-3-7-11)14-10-12-8-4-5-9-13(12)18-14/h1-9,14-15,17H,10,16H2. The first-order valence-corrected chi connectivity index (χ1v) is 6.14. The van der Waals surface area contributed by atoms with Gasteiger partial charge in [0.15, 0.2) is 0 Å². The molecule has 1 aliphatic rings. The van der Waals surface area contributed by atoms with E-state index in [9.17, 15) is 0 Å². The molecule has 0 saturated heterocycles. The van der Waals surface area contributed by atoms with Crippen LogP contribution in [0.15, 0.2) is 54.6 Å². The predicted molar refractivity (Wildman–Crippen MR) is 71.1 cm³/mol. The van der Waals surface area contributed by atoms with Crippen LogP contribution in [0.3, 0.4) is 0 Å². The Morgan fingerprint density at radius 2 is 1.78 bits per heavy atom. The number of ether oxygens (including phenoxy) is 1. The first-order valence-electron chi connectivity index (χ1n) is 6.14. The van der Waals surface area contributed by atoms with E-state index in [2.05, 4.69) is 23.6 Å². The number of hydrogen-bond acceptors (Lipinski definition) is 3. The second-order valence-corrected chi connectivity index (χ2v) is 4.52. The highest BCUT2D eigenvalue weighted by Crippen LogP contribution is 2.33.